The van der Waals surface area contributed by atoms with Crippen molar-refractivity contribution in [3.63, 3.8) is 0 Å². The minimum atomic E-state index is -0.186. The van der Waals surface area contributed by atoms with Crippen molar-refractivity contribution in [1.82, 2.24) is 9.55 Å². The van der Waals surface area contributed by atoms with Gasteiger partial charge >= 0.3 is 0 Å². The lowest BCUT2D eigenvalue weighted by Gasteiger charge is -2.31. The number of benzene rings is 6. The van der Waals surface area contributed by atoms with Crippen molar-refractivity contribution >= 4 is 38.9 Å². The highest BCUT2D eigenvalue weighted by Crippen LogP contribution is 2.42. The van der Waals surface area contributed by atoms with E-state index in [1.54, 1.807) is 0 Å². The minimum Gasteiger partial charge on any atom is -0.457 e. The number of fused-ring (bicyclic) bond motifs is 3. The molecule has 0 unspecified atom stereocenters. The van der Waals surface area contributed by atoms with Gasteiger partial charge in [0.05, 0.1) is 23.4 Å². The van der Waals surface area contributed by atoms with Crippen molar-refractivity contribution in [1.29, 1.82) is 0 Å². The molecule has 0 atom stereocenters. The van der Waals surface area contributed by atoms with Gasteiger partial charge in [0.2, 0.25) is 0 Å². The van der Waals surface area contributed by atoms with Crippen molar-refractivity contribution in [3.8, 4) is 17.3 Å². The molecule has 64 heavy (non-hydrogen) atoms. The van der Waals surface area contributed by atoms with E-state index < -0.39 is 0 Å². The number of anilines is 2. The third-order valence-corrected chi connectivity index (χ3v) is 13.1. The molecule has 0 saturated carbocycles. The minimum absolute atomic E-state index is 0.0156. The smallest absolute Gasteiger partial charge is 0.137 e. The molecular formula is C59H62N4O. The Morgan fingerprint density at radius 3 is 1.83 bits per heavy atom. The quantitative estimate of drug-likeness (QED) is 0.153. The summed E-state index contributed by atoms with van der Waals surface area (Å²) >= 11 is 0. The van der Waals surface area contributed by atoms with E-state index in [4.69, 9.17) is 9.72 Å². The van der Waals surface area contributed by atoms with E-state index >= 15 is 0 Å². The topological polar surface area (TPSA) is 33.5 Å². The number of ether oxygens (including phenoxy) is 1. The fourth-order valence-corrected chi connectivity index (χ4v) is 8.93. The van der Waals surface area contributed by atoms with E-state index in [-0.39, 0.29) is 21.7 Å². The zero-order valence-electron chi connectivity index (χ0n) is 39.5. The molecule has 0 saturated heterocycles. The number of hydrogen-bond donors (Lipinski definition) is 0. The summed E-state index contributed by atoms with van der Waals surface area (Å²) in [6, 6.07) is 55.0. The zero-order valence-corrected chi connectivity index (χ0v) is 39.5. The summed E-state index contributed by atoms with van der Waals surface area (Å²) in [5, 5.41) is 2.38. The Kier molecular flexibility index (Phi) is 10.6. The number of pyridine rings is 1. The molecule has 324 valence electrons. The first kappa shape index (κ1) is 42.7. The predicted molar refractivity (Wildman–Crippen MR) is 270 cm³/mol. The highest BCUT2D eigenvalue weighted by Gasteiger charge is 2.30. The van der Waals surface area contributed by atoms with Gasteiger partial charge in [-0.25, -0.2) is 4.98 Å². The van der Waals surface area contributed by atoms with Crippen LogP contribution in [0.1, 0.15) is 110 Å². The maximum atomic E-state index is 6.84. The Bertz CT molecular complexity index is 3030. The molecular weight excluding hydrogens is 781 g/mol. The molecule has 5 nitrogen and oxygen atoms in total. The van der Waals surface area contributed by atoms with Crippen LogP contribution >= 0.6 is 0 Å². The first-order valence-electron chi connectivity index (χ1n) is 22.7. The molecule has 1 aliphatic heterocycles. The van der Waals surface area contributed by atoms with E-state index in [0.717, 1.165) is 45.3 Å². The molecule has 8 aromatic rings. The Morgan fingerprint density at radius 2 is 1.12 bits per heavy atom. The maximum absolute atomic E-state index is 6.84. The van der Waals surface area contributed by atoms with Crippen molar-refractivity contribution in [3.05, 3.63) is 197 Å². The van der Waals surface area contributed by atoms with Crippen molar-refractivity contribution in [2.45, 2.75) is 97.8 Å². The van der Waals surface area contributed by atoms with E-state index in [9.17, 15) is 0 Å². The number of nitrogens with zero attached hydrogens (tertiary/aromatic N) is 4. The van der Waals surface area contributed by atoms with Crippen LogP contribution in [0.25, 0.3) is 33.3 Å². The Morgan fingerprint density at radius 1 is 0.469 bits per heavy atom. The highest BCUT2D eigenvalue weighted by atomic mass is 16.5. The van der Waals surface area contributed by atoms with Gasteiger partial charge in [0.15, 0.2) is 0 Å². The van der Waals surface area contributed by atoms with Gasteiger partial charge in [-0.3, -0.25) is 4.57 Å². The first-order valence-corrected chi connectivity index (χ1v) is 22.7. The lowest BCUT2D eigenvalue weighted by Crippen LogP contribution is -2.27. The lowest BCUT2D eigenvalue weighted by atomic mass is 9.75. The first-order chi connectivity index (χ1) is 30.3. The van der Waals surface area contributed by atoms with Crippen LogP contribution in [0.15, 0.2) is 164 Å². The molecule has 6 aromatic carbocycles. The Labute approximate surface area is 380 Å². The van der Waals surface area contributed by atoms with Gasteiger partial charge < -0.3 is 14.5 Å². The molecule has 0 amide bonds. The van der Waals surface area contributed by atoms with Crippen LogP contribution in [0.3, 0.4) is 0 Å². The Hall–Kier alpha value is -6.59. The average Bonchev–Trinajstić information content (AvgIpc) is 3.86. The largest absolute Gasteiger partial charge is 0.457 e. The lowest BCUT2D eigenvalue weighted by molar-refractivity contribution is 0.483. The van der Waals surface area contributed by atoms with Crippen LogP contribution in [0.2, 0.25) is 0 Å². The maximum Gasteiger partial charge on any atom is 0.137 e. The van der Waals surface area contributed by atoms with Gasteiger partial charge in [0.25, 0.3) is 0 Å². The molecule has 9 rings (SSSR count). The Balaban J connectivity index is 1.10. The number of rotatable bonds is 8. The van der Waals surface area contributed by atoms with E-state index in [1.807, 2.05) is 6.20 Å². The monoisotopic (exact) mass is 842 g/mol. The van der Waals surface area contributed by atoms with Gasteiger partial charge in [-0.05, 0) is 110 Å². The molecule has 3 heterocycles. The predicted octanol–water partition coefficient (Wildman–Crippen LogP) is 15.5. The number of aromatic nitrogens is 2. The molecule has 2 aromatic heterocycles. The van der Waals surface area contributed by atoms with Gasteiger partial charge in [0.1, 0.15) is 17.3 Å². The summed E-state index contributed by atoms with van der Waals surface area (Å²) in [4.78, 5) is 9.75. The summed E-state index contributed by atoms with van der Waals surface area (Å²) in [6.07, 6.45) is 4.25. The number of hydrogen-bond acceptors (Lipinski definition) is 4. The molecule has 0 N–H and O–H groups in total. The van der Waals surface area contributed by atoms with Crippen LogP contribution in [0.5, 0.6) is 11.5 Å². The molecule has 0 fully saturated rings. The SMILES string of the molecule is CC(C)(C)c1cc(N2C=C(c3ccccc3)N(c3cccc(Oc4ccc5c6cc(C(C)(C)C)ccc6n(-c6cc(C(C)(C)C)ccn6)c5c4)c3)C2)cc(C(C)(C)c2ccccc2)c1. The molecule has 5 heteroatoms. The fraction of sp³-hybridized carbons (Fsp3) is 0.271. The normalized spacial score (nSPS) is 13.8. The zero-order chi connectivity index (χ0) is 45.2. The molecule has 1 aliphatic rings. The van der Waals surface area contributed by atoms with Gasteiger partial charge in [-0.2, -0.15) is 0 Å². The van der Waals surface area contributed by atoms with E-state index in [2.05, 4.69) is 248 Å². The molecule has 0 bridgehead atoms. The van der Waals surface area contributed by atoms with E-state index in [0.29, 0.717) is 6.67 Å². The van der Waals surface area contributed by atoms with Crippen molar-refractivity contribution in [2.75, 3.05) is 16.5 Å². The van der Waals surface area contributed by atoms with Gasteiger partial charge in [0, 0.05) is 52.1 Å². The fourth-order valence-electron chi connectivity index (χ4n) is 8.93. The van der Waals surface area contributed by atoms with Crippen LogP contribution < -0.4 is 14.5 Å². The van der Waals surface area contributed by atoms with E-state index in [1.165, 1.54) is 44.3 Å². The average molecular weight is 843 g/mol. The molecule has 0 spiro atoms. The standard InChI is InChI=1S/C59H62N4O/c1-56(2,3)42-25-28-52-51(34-42)50-27-26-49(37-53(50)63(52)55-35-43(29-30-60-55)57(4,5)6)64-48-24-18-23-46(36-48)62-39-61(38-54(62)40-19-14-12-15-20-40)47-32-44(58(7,8)9)31-45(33-47)59(10,11)41-21-16-13-17-22-41/h12-38H,39H2,1-11H3. The summed E-state index contributed by atoms with van der Waals surface area (Å²) in [5.41, 5.74) is 12.9. The van der Waals surface area contributed by atoms with Crippen LogP contribution in [-0.2, 0) is 21.7 Å². The second-order valence-corrected chi connectivity index (χ2v) is 21.2. The second-order valence-electron chi connectivity index (χ2n) is 21.2. The molecule has 0 aliphatic carbocycles. The summed E-state index contributed by atoms with van der Waals surface area (Å²) in [5.74, 6) is 2.44. The second kappa shape index (κ2) is 15.9. The van der Waals surface area contributed by atoms with Gasteiger partial charge in [-0.15, -0.1) is 0 Å². The van der Waals surface area contributed by atoms with Crippen LogP contribution in [0, 0.1) is 0 Å². The van der Waals surface area contributed by atoms with Crippen LogP contribution in [0.4, 0.5) is 11.4 Å². The van der Waals surface area contributed by atoms with Crippen molar-refractivity contribution < 1.29 is 4.74 Å². The van der Waals surface area contributed by atoms with Gasteiger partial charge in [-0.1, -0.05) is 155 Å². The summed E-state index contributed by atoms with van der Waals surface area (Å²) < 4.78 is 9.13. The third-order valence-electron chi connectivity index (χ3n) is 13.1. The van der Waals surface area contributed by atoms with Crippen molar-refractivity contribution in [2.24, 2.45) is 0 Å². The van der Waals surface area contributed by atoms with Crippen LogP contribution in [-0.4, -0.2) is 16.2 Å². The summed E-state index contributed by atoms with van der Waals surface area (Å²) in [6.45, 7) is 25.8. The molecule has 0 radical (unpaired) electrons. The summed E-state index contributed by atoms with van der Waals surface area (Å²) in [7, 11) is 0. The third kappa shape index (κ3) is 8.20. The highest BCUT2D eigenvalue weighted by molar-refractivity contribution is 6.09.